The standard InChI is InChI=1S/C9H6ClFN2O/c10-5-8-12-9(14-13-8)6-1-3-7(11)4-2-6/h1-4H,5H2. The maximum absolute atomic E-state index is 12.6. The van der Waals surface area contributed by atoms with E-state index < -0.39 is 0 Å². The Morgan fingerprint density at radius 1 is 1.29 bits per heavy atom. The van der Waals surface area contributed by atoms with E-state index in [1.165, 1.54) is 12.1 Å². The van der Waals surface area contributed by atoms with E-state index in [1.807, 2.05) is 0 Å². The van der Waals surface area contributed by atoms with Gasteiger partial charge in [0.25, 0.3) is 5.89 Å². The van der Waals surface area contributed by atoms with Crippen LogP contribution < -0.4 is 0 Å². The molecule has 2 rings (SSSR count). The van der Waals surface area contributed by atoms with Crippen LogP contribution >= 0.6 is 11.6 Å². The van der Waals surface area contributed by atoms with E-state index in [2.05, 4.69) is 10.1 Å². The summed E-state index contributed by atoms with van der Waals surface area (Å²) in [5.41, 5.74) is 0.676. The van der Waals surface area contributed by atoms with Gasteiger partial charge in [-0.1, -0.05) is 5.16 Å². The van der Waals surface area contributed by atoms with Crippen LogP contribution in [0, 0.1) is 5.82 Å². The molecule has 0 N–H and O–H groups in total. The summed E-state index contributed by atoms with van der Waals surface area (Å²) in [5, 5.41) is 3.62. The first-order valence-corrected chi connectivity index (χ1v) is 4.47. The monoisotopic (exact) mass is 212 g/mol. The first-order chi connectivity index (χ1) is 6.79. The molecule has 0 amide bonds. The molecule has 2 aromatic rings. The van der Waals surface area contributed by atoms with Gasteiger partial charge in [0, 0.05) is 5.56 Å². The van der Waals surface area contributed by atoms with Crippen LogP contribution in [0.15, 0.2) is 28.8 Å². The fourth-order valence-electron chi connectivity index (χ4n) is 1.02. The van der Waals surface area contributed by atoms with Crippen LogP contribution in [0.3, 0.4) is 0 Å². The Morgan fingerprint density at radius 3 is 2.57 bits per heavy atom. The molecule has 0 aliphatic carbocycles. The van der Waals surface area contributed by atoms with Gasteiger partial charge in [0.15, 0.2) is 5.82 Å². The van der Waals surface area contributed by atoms with Crippen LogP contribution in [0.4, 0.5) is 4.39 Å². The summed E-state index contributed by atoms with van der Waals surface area (Å²) in [6.45, 7) is 0. The Kier molecular flexibility index (Phi) is 2.45. The molecule has 0 saturated heterocycles. The molecule has 1 aromatic heterocycles. The van der Waals surface area contributed by atoms with E-state index >= 15 is 0 Å². The molecule has 0 saturated carbocycles. The SMILES string of the molecule is Fc1ccc(-c2nc(CCl)no2)cc1. The molecule has 0 bridgehead atoms. The summed E-state index contributed by atoms with van der Waals surface area (Å²) < 4.78 is 17.5. The molecule has 3 nitrogen and oxygen atoms in total. The molecular formula is C9H6ClFN2O. The molecule has 0 aliphatic heterocycles. The van der Waals surface area contributed by atoms with E-state index in [0.29, 0.717) is 17.3 Å². The molecule has 0 aliphatic rings. The molecule has 0 spiro atoms. The molecule has 72 valence electrons. The van der Waals surface area contributed by atoms with Crippen molar-refractivity contribution in [3.05, 3.63) is 35.9 Å². The van der Waals surface area contributed by atoms with E-state index in [0.717, 1.165) is 0 Å². The van der Waals surface area contributed by atoms with Crippen LogP contribution in [0.1, 0.15) is 5.82 Å². The van der Waals surface area contributed by atoms with Crippen molar-refractivity contribution < 1.29 is 8.91 Å². The first kappa shape index (κ1) is 9.15. The largest absolute Gasteiger partial charge is 0.334 e. The topological polar surface area (TPSA) is 38.9 Å². The van der Waals surface area contributed by atoms with Gasteiger partial charge in [0.1, 0.15) is 5.82 Å². The predicted octanol–water partition coefficient (Wildman–Crippen LogP) is 2.61. The van der Waals surface area contributed by atoms with Crippen LogP contribution in [0.2, 0.25) is 0 Å². The maximum Gasteiger partial charge on any atom is 0.257 e. The maximum atomic E-state index is 12.6. The average molecular weight is 213 g/mol. The highest BCUT2D eigenvalue weighted by atomic mass is 35.5. The predicted molar refractivity (Wildman–Crippen MR) is 49.2 cm³/mol. The minimum absolute atomic E-state index is 0.199. The van der Waals surface area contributed by atoms with E-state index in [-0.39, 0.29) is 11.7 Å². The van der Waals surface area contributed by atoms with Crippen molar-refractivity contribution in [2.75, 3.05) is 0 Å². The molecule has 0 fully saturated rings. The first-order valence-electron chi connectivity index (χ1n) is 3.94. The number of rotatable bonds is 2. The zero-order valence-corrected chi connectivity index (χ0v) is 7.83. The number of halogens is 2. The lowest BCUT2D eigenvalue weighted by Gasteiger charge is -1.91. The highest BCUT2D eigenvalue weighted by Crippen LogP contribution is 2.17. The van der Waals surface area contributed by atoms with Crippen LogP contribution in [0.25, 0.3) is 11.5 Å². The molecule has 14 heavy (non-hydrogen) atoms. The summed E-state index contributed by atoms with van der Waals surface area (Å²) in [4.78, 5) is 4.00. The number of aromatic nitrogens is 2. The van der Waals surface area contributed by atoms with E-state index in [1.54, 1.807) is 12.1 Å². The summed E-state index contributed by atoms with van der Waals surface area (Å²) >= 11 is 5.51. The van der Waals surface area contributed by atoms with E-state index in [9.17, 15) is 4.39 Å². The highest BCUT2D eigenvalue weighted by Gasteiger charge is 2.07. The molecule has 0 radical (unpaired) electrons. The van der Waals surface area contributed by atoms with Gasteiger partial charge in [-0.3, -0.25) is 0 Å². The van der Waals surface area contributed by atoms with Crippen molar-refractivity contribution in [2.45, 2.75) is 5.88 Å². The normalized spacial score (nSPS) is 10.4. The number of hydrogen-bond donors (Lipinski definition) is 0. The fraction of sp³-hybridized carbons (Fsp3) is 0.111. The third-order valence-corrected chi connectivity index (χ3v) is 1.92. The van der Waals surface area contributed by atoms with Crippen molar-refractivity contribution in [3.8, 4) is 11.5 Å². The van der Waals surface area contributed by atoms with Crippen LogP contribution in [0.5, 0.6) is 0 Å². The minimum atomic E-state index is -0.300. The highest BCUT2D eigenvalue weighted by molar-refractivity contribution is 6.16. The number of nitrogens with zero attached hydrogens (tertiary/aromatic N) is 2. The van der Waals surface area contributed by atoms with Crippen molar-refractivity contribution in [1.29, 1.82) is 0 Å². The molecule has 0 atom stereocenters. The Balaban J connectivity index is 2.34. The zero-order valence-electron chi connectivity index (χ0n) is 7.08. The third kappa shape index (κ3) is 1.75. The van der Waals surface area contributed by atoms with E-state index in [4.69, 9.17) is 16.1 Å². The fourth-order valence-corrected chi connectivity index (χ4v) is 1.13. The van der Waals surface area contributed by atoms with Gasteiger partial charge in [0.05, 0.1) is 5.88 Å². The summed E-state index contributed by atoms with van der Waals surface area (Å²) in [5.74, 6) is 0.669. The second-order valence-corrected chi connectivity index (χ2v) is 2.92. The van der Waals surface area contributed by atoms with Crippen molar-refractivity contribution in [2.24, 2.45) is 0 Å². The number of hydrogen-bond acceptors (Lipinski definition) is 3. The van der Waals surface area contributed by atoms with Crippen molar-refractivity contribution in [1.82, 2.24) is 10.1 Å². The lowest BCUT2D eigenvalue weighted by molar-refractivity contribution is 0.425. The van der Waals surface area contributed by atoms with Gasteiger partial charge in [0.2, 0.25) is 0 Å². The van der Waals surface area contributed by atoms with Crippen LogP contribution in [-0.4, -0.2) is 10.1 Å². The second-order valence-electron chi connectivity index (χ2n) is 2.66. The zero-order chi connectivity index (χ0) is 9.97. The summed E-state index contributed by atoms with van der Waals surface area (Å²) in [6.07, 6.45) is 0. The Bertz CT molecular complexity index is 427. The van der Waals surface area contributed by atoms with Gasteiger partial charge in [-0.25, -0.2) is 4.39 Å². The smallest absolute Gasteiger partial charge is 0.257 e. The van der Waals surface area contributed by atoms with Crippen molar-refractivity contribution >= 4 is 11.6 Å². The Morgan fingerprint density at radius 2 is 2.00 bits per heavy atom. The molecular weight excluding hydrogens is 207 g/mol. The summed E-state index contributed by atoms with van der Waals surface area (Å²) in [6, 6.07) is 5.81. The number of benzene rings is 1. The van der Waals surface area contributed by atoms with Gasteiger partial charge in [-0.15, -0.1) is 11.6 Å². The van der Waals surface area contributed by atoms with Crippen LogP contribution in [-0.2, 0) is 5.88 Å². The quantitative estimate of drug-likeness (QED) is 0.719. The minimum Gasteiger partial charge on any atom is -0.334 e. The molecule has 0 unspecified atom stereocenters. The lowest BCUT2D eigenvalue weighted by atomic mass is 10.2. The van der Waals surface area contributed by atoms with Gasteiger partial charge >= 0.3 is 0 Å². The molecule has 1 aromatic carbocycles. The Hall–Kier alpha value is -1.42. The lowest BCUT2D eigenvalue weighted by Crippen LogP contribution is -1.81. The second kappa shape index (κ2) is 3.75. The summed E-state index contributed by atoms with van der Waals surface area (Å²) in [7, 11) is 0. The van der Waals surface area contributed by atoms with Gasteiger partial charge < -0.3 is 4.52 Å². The molecule has 5 heteroatoms. The Labute approximate surface area is 84.5 Å². The average Bonchev–Trinajstić information content (AvgIpc) is 2.67. The number of alkyl halides is 1. The van der Waals surface area contributed by atoms with Gasteiger partial charge in [-0.05, 0) is 24.3 Å². The van der Waals surface area contributed by atoms with Crippen molar-refractivity contribution in [3.63, 3.8) is 0 Å². The van der Waals surface area contributed by atoms with Gasteiger partial charge in [-0.2, -0.15) is 4.98 Å². The third-order valence-electron chi connectivity index (χ3n) is 1.68. The molecule has 1 heterocycles.